The topological polar surface area (TPSA) is 111 Å². The number of rotatable bonds is 11. The summed E-state index contributed by atoms with van der Waals surface area (Å²) < 4.78 is 10.2. The van der Waals surface area contributed by atoms with Crippen LogP contribution in [0.2, 0.25) is 0 Å². The Labute approximate surface area is 198 Å². The number of benzene rings is 2. The van der Waals surface area contributed by atoms with Crippen molar-refractivity contribution in [2.24, 2.45) is 0 Å². The van der Waals surface area contributed by atoms with Gasteiger partial charge in [0, 0.05) is 5.92 Å². The van der Waals surface area contributed by atoms with Crippen molar-refractivity contribution < 1.29 is 28.7 Å². The Morgan fingerprint density at radius 3 is 2.21 bits per heavy atom. The van der Waals surface area contributed by atoms with Crippen molar-refractivity contribution in [3.8, 4) is 11.1 Å². The Morgan fingerprint density at radius 2 is 1.62 bits per heavy atom. The van der Waals surface area contributed by atoms with Crippen molar-refractivity contribution in [2.45, 2.75) is 31.7 Å². The number of amides is 2. The van der Waals surface area contributed by atoms with Crippen molar-refractivity contribution in [3.05, 3.63) is 72.3 Å². The summed E-state index contributed by atoms with van der Waals surface area (Å²) in [6, 6.07) is 14.9. The standard InChI is InChI=1S/C26H28N2O6/c1-3-9-22(24(30)25(31)27-15-23(29)33-14-4-2)28-26(32)34-16-21-19-12-7-5-10-17(19)18-11-6-8-13-20(18)21/h4-8,10-13,21-22H,2-3,9,14-16H2,1H3,(H,27,31)(H,28,32). The molecule has 2 aromatic carbocycles. The van der Waals surface area contributed by atoms with Gasteiger partial charge < -0.3 is 20.1 Å². The number of Topliss-reactive ketones (excluding diaryl/α,β-unsaturated/α-hetero) is 1. The number of hydrogen-bond acceptors (Lipinski definition) is 6. The highest BCUT2D eigenvalue weighted by Gasteiger charge is 2.30. The lowest BCUT2D eigenvalue weighted by molar-refractivity contribution is -0.144. The SMILES string of the molecule is C=CCOC(=O)CNC(=O)C(=O)C(CCC)NC(=O)OCC1c2ccccc2-c2ccccc21. The largest absolute Gasteiger partial charge is 0.460 e. The third-order valence-electron chi connectivity index (χ3n) is 5.51. The second kappa shape index (κ2) is 11.8. The normalized spacial score (nSPS) is 12.6. The number of esters is 1. The lowest BCUT2D eigenvalue weighted by Crippen LogP contribution is -2.48. The molecule has 2 amide bonds. The van der Waals surface area contributed by atoms with Gasteiger partial charge >= 0.3 is 12.1 Å². The number of hydrogen-bond donors (Lipinski definition) is 2. The van der Waals surface area contributed by atoms with Crippen molar-refractivity contribution in [1.82, 2.24) is 10.6 Å². The fourth-order valence-corrected chi connectivity index (χ4v) is 3.94. The molecule has 34 heavy (non-hydrogen) atoms. The molecule has 0 saturated carbocycles. The van der Waals surface area contributed by atoms with Crippen molar-refractivity contribution >= 4 is 23.8 Å². The Kier molecular flexibility index (Phi) is 8.56. The monoisotopic (exact) mass is 464 g/mol. The first-order valence-electron chi connectivity index (χ1n) is 11.2. The predicted octanol–water partition coefficient (Wildman–Crippen LogP) is 3.11. The van der Waals surface area contributed by atoms with E-state index in [9.17, 15) is 19.2 Å². The summed E-state index contributed by atoms with van der Waals surface area (Å²) in [7, 11) is 0. The zero-order chi connectivity index (χ0) is 24.5. The van der Waals surface area contributed by atoms with Crippen LogP contribution in [-0.4, -0.2) is 49.6 Å². The molecule has 0 radical (unpaired) electrons. The van der Waals surface area contributed by atoms with E-state index >= 15 is 0 Å². The van der Waals surface area contributed by atoms with Gasteiger partial charge in [0.15, 0.2) is 0 Å². The van der Waals surface area contributed by atoms with Gasteiger partial charge in [0.05, 0.1) is 0 Å². The van der Waals surface area contributed by atoms with Crippen LogP contribution < -0.4 is 10.6 Å². The van der Waals surface area contributed by atoms with Crippen molar-refractivity contribution in [1.29, 1.82) is 0 Å². The minimum Gasteiger partial charge on any atom is -0.460 e. The second-order valence-electron chi connectivity index (χ2n) is 7.83. The Morgan fingerprint density at radius 1 is 1.00 bits per heavy atom. The van der Waals surface area contributed by atoms with Crippen LogP contribution in [0.4, 0.5) is 4.79 Å². The van der Waals surface area contributed by atoms with Crippen LogP contribution in [-0.2, 0) is 23.9 Å². The molecule has 3 rings (SSSR count). The summed E-state index contributed by atoms with van der Waals surface area (Å²) >= 11 is 0. The van der Waals surface area contributed by atoms with Crippen molar-refractivity contribution in [3.63, 3.8) is 0 Å². The molecule has 0 aromatic heterocycles. The maximum Gasteiger partial charge on any atom is 0.407 e. The van der Waals surface area contributed by atoms with E-state index in [1.54, 1.807) is 0 Å². The van der Waals surface area contributed by atoms with E-state index in [1.165, 1.54) is 6.08 Å². The van der Waals surface area contributed by atoms with E-state index in [4.69, 9.17) is 9.47 Å². The molecule has 0 aliphatic heterocycles. The number of ether oxygens (including phenoxy) is 2. The fraction of sp³-hybridized carbons (Fsp3) is 0.308. The lowest BCUT2D eigenvalue weighted by Gasteiger charge is -2.18. The van der Waals surface area contributed by atoms with Gasteiger partial charge in [-0.2, -0.15) is 0 Å². The molecule has 0 fully saturated rings. The molecule has 178 valence electrons. The highest BCUT2D eigenvalue weighted by atomic mass is 16.5. The molecule has 2 N–H and O–H groups in total. The first kappa shape index (κ1) is 24.7. The smallest absolute Gasteiger partial charge is 0.407 e. The van der Waals surface area contributed by atoms with Crippen LogP contribution in [0.5, 0.6) is 0 Å². The third kappa shape index (κ3) is 5.89. The lowest BCUT2D eigenvalue weighted by atomic mass is 9.98. The molecular weight excluding hydrogens is 436 g/mol. The molecule has 1 aliphatic carbocycles. The number of ketones is 1. The average Bonchev–Trinajstić information content (AvgIpc) is 3.17. The average molecular weight is 465 g/mol. The fourth-order valence-electron chi connectivity index (χ4n) is 3.94. The summed E-state index contributed by atoms with van der Waals surface area (Å²) in [6.07, 6.45) is 1.40. The minimum atomic E-state index is -1.06. The van der Waals surface area contributed by atoms with Gasteiger partial charge in [0.1, 0.15) is 25.8 Å². The molecule has 1 unspecified atom stereocenters. The Balaban J connectivity index is 1.58. The van der Waals surface area contributed by atoms with E-state index in [2.05, 4.69) is 17.2 Å². The zero-order valence-corrected chi connectivity index (χ0v) is 19.0. The number of nitrogens with one attached hydrogen (secondary N) is 2. The number of fused-ring (bicyclic) bond motifs is 3. The van der Waals surface area contributed by atoms with Gasteiger partial charge in [-0.25, -0.2) is 4.79 Å². The van der Waals surface area contributed by atoms with Crippen LogP contribution in [0.25, 0.3) is 11.1 Å². The molecule has 0 heterocycles. The maximum atomic E-state index is 12.5. The minimum absolute atomic E-state index is 0.00441. The van der Waals surface area contributed by atoms with Gasteiger partial charge in [-0.15, -0.1) is 0 Å². The van der Waals surface area contributed by atoms with Crippen LogP contribution in [0.1, 0.15) is 36.8 Å². The highest BCUT2D eigenvalue weighted by Crippen LogP contribution is 2.44. The maximum absolute atomic E-state index is 12.5. The molecule has 0 spiro atoms. The summed E-state index contributed by atoms with van der Waals surface area (Å²) in [5.41, 5.74) is 4.35. The Hall–Kier alpha value is -3.94. The van der Waals surface area contributed by atoms with Gasteiger partial charge in [0.25, 0.3) is 5.91 Å². The molecule has 0 bridgehead atoms. The number of carbonyl (C=O) groups excluding carboxylic acids is 4. The van der Waals surface area contributed by atoms with Gasteiger partial charge in [0.2, 0.25) is 5.78 Å². The Bertz CT molecular complexity index is 1030. The molecule has 1 aliphatic rings. The van der Waals surface area contributed by atoms with E-state index in [1.807, 2.05) is 55.5 Å². The van der Waals surface area contributed by atoms with Gasteiger partial charge in [-0.3, -0.25) is 14.4 Å². The first-order valence-corrected chi connectivity index (χ1v) is 11.2. The highest BCUT2D eigenvalue weighted by molar-refractivity contribution is 6.38. The van der Waals surface area contributed by atoms with E-state index < -0.39 is 36.3 Å². The van der Waals surface area contributed by atoms with E-state index in [0.29, 0.717) is 6.42 Å². The van der Waals surface area contributed by atoms with Crippen LogP contribution >= 0.6 is 0 Å². The molecule has 1 atom stereocenters. The van der Waals surface area contributed by atoms with Crippen molar-refractivity contribution in [2.75, 3.05) is 19.8 Å². The van der Waals surface area contributed by atoms with Crippen LogP contribution in [0.3, 0.4) is 0 Å². The zero-order valence-electron chi connectivity index (χ0n) is 19.0. The molecule has 0 saturated heterocycles. The quantitative estimate of drug-likeness (QED) is 0.300. The third-order valence-corrected chi connectivity index (χ3v) is 5.51. The van der Waals surface area contributed by atoms with Crippen LogP contribution in [0, 0.1) is 0 Å². The van der Waals surface area contributed by atoms with Gasteiger partial charge in [-0.05, 0) is 28.7 Å². The molecule has 8 heteroatoms. The number of carbonyl (C=O) groups is 4. The van der Waals surface area contributed by atoms with Crippen LogP contribution in [0.15, 0.2) is 61.2 Å². The van der Waals surface area contributed by atoms with Gasteiger partial charge in [-0.1, -0.05) is 74.5 Å². The molecule has 2 aromatic rings. The van der Waals surface area contributed by atoms with E-state index in [-0.39, 0.29) is 25.6 Å². The first-order chi connectivity index (χ1) is 16.5. The summed E-state index contributed by atoms with van der Waals surface area (Å²) in [4.78, 5) is 48.7. The number of alkyl carbamates (subject to hydrolysis) is 1. The molecule has 8 nitrogen and oxygen atoms in total. The second-order valence-corrected chi connectivity index (χ2v) is 7.83. The predicted molar refractivity (Wildman–Crippen MR) is 126 cm³/mol. The molecular formula is C26H28N2O6. The summed E-state index contributed by atoms with van der Waals surface area (Å²) in [5, 5.41) is 4.70. The van der Waals surface area contributed by atoms with E-state index in [0.717, 1.165) is 22.3 Å². The summed E-state index contributed by atoms with van der Waals surface area (Å²) in [6.45, 7) is 4.88. The summed E-state index contributed by atoms with van der Waals surface area (Å²) in [5.74, 6) is -2.65.